The Bertz CT molecular complexity index is 749. The van der Waals surface area contributed by atoms with Crippen molar-refractivity contribution in [2.24, 2.45) is 5.10 Å². The number of benzene rings is 2. The van der Waals surface area contributed by atoms with Crippen LogP contribution in [0.2, 0.25) is 0 Å². The second-order valence-electron chi connectivity index (χ2n) is 6.79. The maximum absolute atomic E-state index is 13.4. The quantitative estimate of drug-likeness (QED) is 0.658. The van der Waals surface area contributed by atoms with E-state index >= 15 is 0 Å². The van der Waals surface area contributed by atoms with Crippen molar-refractivity contribution in [2.75, 3.05) is 0 Å². The second-order valence-corrected chi connectivity index (χ2v) is 6.79. The molecule has 0 heterocycles. The number of hydrogen-bond donors (Lipinski definition) is 1. The lowest BCUT2D eigenvalue weighted by Crippen LogP contribution is -2.33. The molecule has 2 aromatic rings. The van der Waals surface area contributed by atoms with Crippen molar-refractivity contribution in [3.63, 3.8) is 0 Å². The van der Waals surface area contributed by atoms with Crippen molar-refractivity contribution in [1.29, 1.82) is 0 Å². The first kappa shape index (κ1) is 18.6. The Morgan fingerprint density at radius 2 is 1.80 bits per heavy atom. The van der Waals surface area contributed by atoms with Crippen molar-refractivity contribution in [2.45, 2.75) is 39.2 Å². The van der Waals surface area contributed by atoms with Gasteiger partial charge in [0.05, 0.1) is 6.21 Å². The summed E-state index contributed by atoms with van der Waals surface area (Å²) in [6, 6.07) is 13.8. The number of amides is 1. The molecular formula is C20H23FN2O2. The number of hydrazone groups is 1. The van der Waals surface area contributed by atoms with E-state index in [1.807, 2.05) is 24.3 Å². The highest BCUT2D eigenvalue weighted by molar-refractivity contribution is 5.84. The monoisotopic (exact) mass is 342 g/mol. The van der Waals surface area contributed by atoms with Gasteiger partial charge < -0.3 is 4.74 Å². The molecule has 1 amide bonds. The average Bonchev–Trinajstić information content (AvgIpc) is 2.56. The van der Waals surface area contributed by atoms with Gasteiger partial charge in [0.2, 0.25) is 0 Å². The van der Waals surface area contributed by atoms with E-state index in [4.69, 9.17) is 4.74 Å². The van der Waals surface area contributed by atoms with Gasteiger partial charge in [-0.25, -0.2) is 9.82 Å². The molecule has 0 bridgehead atoms. The largest absolute Gasteiger partial charge is 0.481 e. The number of hydrogen-bond acceptors (Lipinski definition) is 3. The summed E-state index contributed by atoms with van der Waals surface area (Å²) in [7, 11) is 0. The summed E-state index contributed by atoms with van der Waals surface area (Å²) in [4.78, 5) is 12.0. The second kappa shape index (κ2) is 7.92. The van der Waals surface area contributed by atoms with Gasteiger partial charge in [-0.1, -0.05) is 51.1 Å². The number of carbonyl (C=O) groups excluding carboxylic acids is 1. The molecule has 2 aromatic carbocycles. The fourth-order valence-corrected chi connectivity index (χ4v) is 2.13. The van der Waals surface area contributed by atoms with E-state index in [2.05, 4.69) is 31.3 Å². The van der Waals surface area contributed by atoms with Crippen molar-refractivity contribution in [1.82, 2.24) is 5.43 Å². The highest BCUT2D eigenvalue weighted by Gasteiger charge is 2.16. The summed E-state index contributed by atoms with van der Waals surface area (Å²) in [5, 5.41) is 3.77. The van der Waals surface area contributed by atoms with Gasteiger partial charge in [0, 0.05) is 5.56 Å². The number of nitrogens with one attached hydrogen (secondary N) is 1. The molecule has 0 saturated heterocycles. The smallest absolute Gasteiger partial charge is 0.280 e. The zero-order valence-electron chi connectivity index (χ0n) is 14.9. The van der Waals surface area contributed by atoms with Gasteiger partial charge in [-0.3, -0.25) is 4.79 Å². The summed E-state index contributed by atoms with van der Waals surface area (Å²) in [5.41, 5.74) is 3.90. The third-order valence-corrected chi connectivity index (χ3v) is 3.69. The van der Waals surface area contributed by atoms with Gasteiger partial charge in [-0.2, -0.15) is 5.10 Å². The van der Waals surface area contributed by atoms with Crippen molar-refractivity contribution >= 4 is 12.1 Å². The lowest BCUT2D eigenvalue weighted by molar-refractivity contribution is -0.127. The minimum atomic E-state index is -0.724. The first-order chi connectivity index (χ1) is 11.8. The maximum atomic E-state index is 13.4. The van der Waals surface area contributed by atoms with Crippen molar-refractivity contribution < 1.29 is 13.9 Å². The first-order valence-electron chi connectivity index (χ1n) is 8.12. The zero-order valence-corrected chi connectivity index (χ0v) is 14.9. The molecule has 1 N–H and O–H groups in total. The third kappa shape index (κ3) is 5.41. The van der Waals surface area contributed by atoms with E-state index in [0.29, 0.717) is 11.3 Å². The molecule has 0 radical (unpaired) electrons. The van der Waals surface area contributed by atoms with Gasteiger partial charge in [0.15, 0.2) is 6.10 Å². The van der Waals surface area contributed by atoms with Crippen LogP contribution >= 0.6 is 0 Å². The Balaban J connectivity index is 1.91. The highest BCUT2D eigenvalue weighted by Crippen LogP contribution is 2.24. The van der Waals surface area contributed by atoms with E-state index in [-0.39, 0.29) is 5.41 Å². The summed E-state index contributed by atoms with van der Waals surface area (Å²) < 4.78 is 19.1. The molecule has 25 heavy (non-hydrogen) atoms. The Morgan fingerprint density at radius 1 is 1.16 bits per heavy atom. The predicted molar refractivity (Wildman–Crippen MR) is 97.4 cm³/mol. The van der Waals surface area contributed by atoms with Crippen LogP contribution < -0.4 is 10.2 Å². The predicted octanol–water partition coefficient (Wildman–Crippen LogP) is 4.04. The van der Waals surface area contributed by atoms with Crippen LogP contribution in [-0.2, 0) is 10.2 Å². The number of ether oxygens (including phenoxy) is 1. The van der Waals surface area contributed by atoms with Gasteiger partial charge in [-0.15, -0.1) is 0 Å². The van der Waals surface area contributed by atoms with Gasteiger partial charge in [0.1, 0.15) is 11.6 Å². The summed E-state index contributed by atoms with van der Waals surface area (Å²) in [5.74, 6) is -0.204. The van der Waals surface area contributed by atoms with E-state index in [1.165, 1.54) is 17.8 Å². The van der Waals surface area contributed by atoms with Crippen LogP contribution in [0.15, 0.2) is 53.6 Å². The van der Waals surface area contributed by atoms with Crippen LogP contribution in [0, 0.1) is 5.82 Å². The van der Waals surface area contributed by atoms with E-state index in [9.17, 15) is 9.18 Å². The molecule has 1 atom stereocenters. The summed E-state index contributed by atoms with van der Waals surface area (Å²) in [6.07, 6.45) is 0.538. The lowest BCUT2D eigenvalue weighted by atomic mass is 9.87. The Hall–Kier alpha value is -2.69. The van der Waals surface area contributed by atoms with Crippen LogP contribution in [0.25, 0.3) is 0 Å². The van der Waals surface area contributed by atoms with E-state index in [0.717, 1.165) is 0 Å². The van der Waals surface area contributed by atoms with E-state index in [1.54, 1.807) is 25.1 Å². The molecule has 0 spiro atoms. The molecular weight excluding hydrogens is 319 g/mol. The standard InChI is InChI=1S/C20H23FN2O2/c1-14(25-17-11-9-16(10-12-17)20(2,3)4)19(24)23-22-13-15-7-5-6-8-18(15)21/h5-14H,1-4H3,(H,23,24)/b22-13+. The molecule has 0 aliphatic heterocycles. The average molecular weight is 342 g/mol. The molecule has 4 nitrogen and oxygen atoms in total. The summed E-state index contributed by atoms with van der Waals surface area (Å²) in [6.45, 7) is 8.02. The molecule has 132 valence electrons. The third-order valence-electron chi connectivity index (χ3n) is 3.69. The fourth-order valence-electron chi connectivity index (χ4n) is 2.13. The number of halogens is 1. The lowest BCUT2D eigenvalue weighted by Gasteiger charge is -2.19. The van der Waals surface area contributed by atoms with Crippen molar-refractivity contribution in [3.05, 3.63) is 65.5 Å². The molecule has 0 fully saturated rings. The SMILES string of the molecule is CC(Oc1ccc(C(C)(C)C)cc1)C(=O)N/N=C/c1ccccc1F. The first-order valence-corrected chi connectivity index (χ1v) is 8.12. The number of nitrogens with zero attached hydrogens (tertiary/aromatic N) is 1. The van der Waals surface area contributed by atoms with Gasteiger partial charge in [0.25, 0.3) is 5.91 Å². The Morgan fingerprint density at radius 3 is 2.40 bits per heavy atom. The van der Waals surface area contributed by atoms with Crippen molar-refractivity contribution in [3.8, 4) is 5.75 Å². The van der Waals surface area contributed by atoms with Crippen LogP contribution in [-0.4, -0.2) is 18.2 Å². The minimum Gasteiger partial charge on any atom is -0.481 e. The minimum absolute atomic E-state index is 0.0585. The number of carbonyl (C=O) groups is 1. The van der Waals surface area contributed by atoms with Crippen LogP contribution in [0.5, 0.6) is 5.75 Å². The molecule has 5 heteroatoms. The van der Waals surface area contributed by atoms with E-state index < -0.39 is 17.8 Å². The highest BCUT2D eigenvalue weighted by atomic mass is 19.1. The molecule has 0 saturated carbocycles. The Labute approximate surface area is 147 Å². The maximum Gasteiger partial charge on any atom is 0.280 e. The zero-order chi connectivity index (χ0) is 18.4. The van der Waals surface area contributed by atoms with Gasteiger partial charge in [-0.05, 0) is 36.1 Å². The molecule has 1 unspecified atom stereocenters. The van der Waals surface area contributed by atoms with Gasteiger partial charge >= 0.3 is 0 Å². The molecule has 0 aliphatic carbocycles. The summed E-state index contributed by atoms with van der Waals surface area (Å²) >= 11 is 0. The molecule has 0 aromatic heterocycles. The van der Waals surface area contributed by atoms with Crippen LogP contribution in [0.3, 0.4) is 0 Å². The topological polar surface area (TPSA) is 50.7 Å². The number of rotatable bonds is 5. The fraction of sp³-hybridized carbons (Fsp3) is 0.300. The molecule has 2 rings (SSSR count). The van der Waals surface area contributed by atoms with Crippen LogP contribution in [0.1, 0.15) is 38.8 Å². The van der Waals surface area contributed by atoms with Crippen LogP contribution in [0.4, 0.5) is 4.39 Å². The Kier molecular flexibility index (Phi) is 5.91. The molecule has 0 aliphatic rings. The normalized spacial score (nSPS) is 12.8.